The minimum absolute atomic E-state index is 0.0560. The molecule has 0 saturated carbocycles. The normalized spacial score (nSPS) is 13.0. The van der Waals surface area contributed by atoms with Crippen LogP contribution in [0.1, 0.15) is 354 Å². The fourth-order valence-electron chi connectivity index (χ4n) is 10.0. The molecule has 440 valence electrons. The molecule has 0 bridgehead atoms. The van der Waals surface area contributed by atoms with E-state index in [9.17, 15) is 19.0 Å². The topological polar surface area (TPSA) is 134 Å². The van der Waals surface area contributed by atoms with Gasteiger partial charge in [-0.3, -0.25) is 18.6 Å². The Morgan fingerprint density at radius 3 is 0.959 bits per heavy atom. The lowest BCUT2D eigenvalue weighted by atomic mass is 10.0. The zero-order valence-corrected chi connectivity index (χ0v) is 50.3. The highest BCUT2D eigenvalue weighted by Crippen LogP contribution is 2.43. The predicted octanol–water partition coefficient (Wildman–Crippen LogP) is 20.8. The molecule has 0 amide bonds. The Morgan fingerprint density at radius 1 is 0.392 bits per heavy atom. The summed E-state index contributed by atoms with van der Waals surface area (Å²) in [5, 5.41) is 0. The van der Waals surface area contributed by atoms with Gasteiger partial charge in [-0.1, -0.05) is 315 Å². The van der Waals surface area contributed by atoms with Crippen molar-refractivity contribution >= 4 is 19.8 Å². The quantitative estimate of drug-likeness (QED) is 0.0264. The number of phosphoric acid groups is 1. The van der Waals surface area contributed by atoms with E-state index in [2.05, 4.69) is 26.0 Å². The van der Waals surface area contributed by atoms with E-state index in [4.69, 9.17) is 24.3 Å². The average molecular weight is 1070 g/mol. The molecule has 2 unspecified atom stereocenters. The molecule has 0 radical (unpaired) electrons. The summed E-state index contributed by atoms with van der Waals surface area (Å²) in [4.78, 5) is 35.2. The molecule has 3 N–H and O–H groups in total. The fraction of sp³-hybridized carbons (Fsp3) is 0.938. The Morgan fingerprint density at radius 2 is 0.662 bits per heavy atom. The van der Waals surface area contributed by atoms with E-state index in [-0.39, 0.29) is 38.6 Å². The summed E-state index contributed by atoms with van der Waals surface area (Å²) in [5.74, 6) is -0.812. The maximum Gasteiger partial charge on any atom is 0.472 e. The Balaban J connectivity index is 3.75. The van der Waals surface area contributed by atoms with Gasteiger partial charge < -0.3 is 20.1 Å². The van der Waals surface area contributed by atoms with E-state index in [1.165, 1.54) is 276 Å². The van der Waals surface area contributed by atoms with Crippen molar-refractivity contribution < 1.29 is 37.6 Å². The SMILES string of the molecule is CCCCCCCC/C=C\CCCCCCCCCC(=O)OC(COC(=O)CCCCCCCCCCCCCCCCCCCCCCCCCCCCCCCCCCCCCC)COP(=O)(O)OCCN. The lowest BCUT2D eigenvalue weighted by Gasteiger charge is -2.19. The molecule has 0 fully saturated rings. The number of carbonyl (C=O) groups is 2. The summed E-state index contributed by atoms with van der Waals surface area (Å²) < 4.78 is 33.1. The highest BCUT2D eigenvalue weighted by molar-refractivity contribution is 7.47. The third kappa shape index (κ3) is 60.0. The summed E-state index contributed by atoms with van der Waals surface area (Å²) in [6, 6.07) is 0. The number of allylic oxidation sites excluding steroid dienone is 2. The molecule has 0 rings (SSSR count). The van der Waals surface area contributed by atoms with Crippen molar-refractivity contribution in [2.24, 2.45) is 5.73 Å². The number of nitrogens with two attached hydrogens (primary N) is 1. The maximum atomic E-state index is 12.7. The number of hydrogen-bond acceptors (Lipinski definition) is 8. The van der Waals surface area contributed by atoms with Crippen LogP contribution in [0.5, 0.6) is 0 Å². The highest BCUT2D eigenvalue weighted by Gasteiger charge is 2.26. The molecule has 0 aliphatic rings. The first kappa shape index (κ1) is 72.8. The van der Waals surface area contributed by atoms with Gasteiger partial charge in [-0.15, -0.1) is 0 Å². The smallest absolute Gasteiger partial charge is 0.462 e. The zero-order valence-electron chi connectivity index (χ0n) is 49.4. The second-order valence-electron chi connectivity index (χ2n) is 22.3. The molecule has 0 aromatic heterocycles. The molecule has 0 aromatic carbocycles. The fourth-order valence-corrected chi connectivity index (χ4v) is 10.8. The molecular weight excluding hydrogens is 942 g/mol. The lowest BCUT2D eigenvalue weighted by molar-refractivity contribution is -0.161. The lowest BCUT2D eigenvalue weighted by Crippen LogP contribution is -2.29. The molecule has 0 aliphatic carbocycles. The molecule has 0 saturated heterocycles. The number of esters is 2. The van der Waals surface area contributed by atoms with E-state index in [0.717, 1.165) is 44.9 Å². The van der Waals surface area contributed by atoms with Crippen LogP contribution in [0.15, 0.2) is 12.2 Å². The first-order valence-electron chi connectivity index (χ1n) is 32.7. The molecule has 10 heteroatoms. The van der Waals surface area contributed by atoms with Crippen LogP contribution >= 0.6 is 7.82 Å². The Bertz CT molecular complexity index is 1220. The van der Waals surface area contributed by atoms with Crippen LogP contribution in [0.25, 0.3) is 0 Å². The molecule has 0 aromatic rings. The minimum atomic E-state index is -4.38. The van der Waals surface area contributed by atoms with Gasteiger partial charge in [-0.25, -0.2) is 4.57 Å². The van der Waals surface area contributed by atoms with Gasteiger partial charge in [0.1, 0.15) is 6.61 Å². The van der Waals surface area contributed by atoms with Gasteiger partial charge in [-0.05, 0) is 38.5 Å². The van der Waals surface area contributed by atoms with Gasteiger partial charge in [0.15, 0.2) is 6.10 Å². The van der Waals surface area contributed by atoms with Gasteiger partial charge in [0.05, 0.1) is 13.2 Å². The molecule has 0 heterocycles. The van der Waals surface area contributed by atoms with Crippen molar-refractivity contribution in [1.82, 2.24) is 0 Å². The predicted molar refractivity (Wildman–Crippen MR) is 317 cm³/mol. The zero-order chi connectivity index (χ0) is 53.8. The number of unbranched alkanes of at least 4 members (excludes halogenated alkanes) is 48. The van der Waals surface area contributed by atoms with Gasteiger partial charge in [0.2, 0.25) is 0 Å². The number of hydrogen-bond donors (Lipinski definition) is 2. The van der Waals surface area contributed by atoms with Crippen molar-refractivity contribution in [3.8, 4) is 0 Å². The molecular formula is C64H126NO8P. The van der Waals surface area contributed by atoms with E-state index in [1.807, 2.05) is 0 Å². The summed E-state index contributed by atoms with van der Waals surface area (Å²) >= 11 is 0. The number of phosphoric ester groups is 1. The monoisotopic (exact) mass is 1070 g/mol. The van der Waals surface area contributed by atoms with Crippen molar-refractivity contribution in [3.05, 3.63) is 12.2 Å². The number of carbonyl (C=O) groups excluding carboxylic acids is 2. The third-order valence-electron chi connectivity index (χ3n) is 14.9. The molecule has 0 aliphatic heterocycles. The average Bonchev–Trinajstić information content (AvgIpc) is 3.39. The van der Waals surface area contributed by atoms with Gasteiger partial charge in [-0.2, -0.15) is 0 Å². The van der Waals surface area contributed by atoms with Crippen molar-refractivity contribution in [3.63, 3.8) is 0 Å². The number of ether oxygens (including phenoxy) is 2. The van der Waals surface area contributed by atoms with Crippen LogP contribution in [-0.4, -0.2) is 49.3 Å². The maximum absolute atomic E-state index is 12.7. The summed E-state index contributed by atoms with van der Waals surface area (Å²) in [7, 11) is -4.38. The third-order valence-corrected chi connectivity index (χ3v) is 15.9. The van der Waals surface area contributed by atoms with E-state index in [0.29, 0.717) is 6.42 Å². The first-order chi connectivity index (χ1) is 36.3. The molecule has 74 heavy (non-hydrogen) atoms. The summed E-state index contributed by atoms with van der Waals surface area (Å²) in [6.07, 6.45) is 71.7. The van der Waals surface area contributed by atoms with Crippen molar-refractivity contribution in [2.75, 3.05) is 26.4 Å². The van der Waals surface area contributed by atoms with Gasteiger partial charge in [0, 0.05) is 19.4 Å². The van der Waals surface area contributed by atoms with Crippen LogP contribution in [0.4, 0.5) is 0 Å². The Kier molecular flexibility index (Phi) is 59.9. The summed E-state index contributed by atoms with van der Waals surface area (Å²) in [6.45, 7) is 3.80. The number of rotatable bonds is 63. The Labute approximate surface area is 460 Å². The van der Waals surface area contributed by atoms with E-state index < -0.39 is 26.5 Å². The minimum Gasteiger partial charge on any atom is -0.462 e. The summed E-state index contributed by atoms with van der Waals surface area (Å²) in [5.41, 5.74) is 5.39. The first-order valence-corrected chi connectivity index (χ1v) is 34.2. The van der Waals surface area contributed by atoms with E-state index >= 15 is 0 Å². The standard InChI is InChI=1S/C64H126NO8P/c1-3-5-7-9-11-13-15-17-19-21-22-23-24-25-26-27-28-29-30-31-32-33-34-35-36-37-38-39-41-42-44-46-48-50-52-54-56-63(66)70-60-62(61-72-74(68,69)71-59-58-65)73-64(67)57-55-53-51-49-47-45-43-40-20-18-16-14-12-10-8-6-4-2/h18,20,62H,3-17,19,21-61,65H2,1-2H3,(H,68,69)/b20-18-. The molecule has 0 spiro atoms. The van der Waals surface area contributed by atoms with Gasteiger partial charge in [0.25, 0.3) is 0 Å². The van der Waals surface area contributed by atoms with Crippen LogP contribution in [-0.2, 0) is 32.7 Å². The van der Waals surface area contributed by atoms with Crippen LogP contribution in [0, 0.1) is 0 Å². The van der Waals surface area contributed by atoms with Crippen LogP contribution in [0.3, 0.4) is 0 Å². The second kappa shape index (κ2) is 61.0. The van der Waals surface area contributed by atoms with Crippen LogP contribution < -0.4 is 5.73 Å². The highest BCUT2D eigenvalue weighted by atomic mass is 31.2. The second-order valence-corrected chi connectivity index (χ2v) is 23.8. The van der Waals surface area contributed by atoms with Crippen LogP contribution in [0.2, 0.25) is 0 Å². The molecule has 9 nitrogen and oxygen atoms in total. The largest absolute Gasteiger partial charge is 0.472 e. The van der Waals surface area contributed by atoms with Crippen molar-refractivity contribution in [1.29, 1.82) is 0 Å². The van der Waals surface area contributed by atoms with Gasteiger partial charge >= 0.3 is 19.8 Å². The van der Waals surface area contributed by atoms with Crippen molar-refractivity contribution in [2.45, 2.75) is 360 Å². The molecule has 2 atom stereocenters. The van der Waals surface area contributed by atoms with E-state index in [1.54, 1.807) is 0 Å². The Hall–Kier alpha value is -1.25.